The van der Waals surface area contributed by atoms with Crippen molar-refractivity contribution in [3.63, 3.8) is 0 Å². The molecule has 0 saturated carbocycles. The number of allylic oxidation sites excluding steroid dienone is 2. The van der Waals surface area contributed by atoms with E-state index in [0.29, 0.717) is 3.92 Å². The molecule has 0 spiro atoms. The number of rotatable bonds is 7. The molecule has 0 N–H and O–H groups in total. The average molecular weight is 498 g/mol. The third-order valence-corrected chi connectivity index (χ3v) is 5.18. The SMILES string of the molecule is CCCCC(I)C(=CC(C)=O)c1ccc(OC)cc1I. The molecular formula is C16H20I2O2. The van der Waals surface area contributed by atoms with Gasteiger partial charge in [-0.3, -0.25) is 4.79 Å². The molecule has 20 heavy (non-hydrogen) atoms. The van der Waals surface area contributed by atoms with Crippen LogP contribution in [0.1, 0.15) is 38.7 Å². The minimum atomic E-state index is 0.102. The lowest BCUT2D eigenvalue weighted by atomic mass is 9.98. The molecule has 110 valence electrons. The number of hydrogen-bond acceptors (Lipinski definition) is 2. The highest BCUT2D eigenvalue weighted by Gasteiger charge is 2.16. The van der Waals surface area contributed by atoms with Crippen LogP contribution in [-0.2, 0) is 4.79 Å². The number of carbonyl (C=O) groups excluding carboxylic acids is 1. The Morgan fingerprint density at radius 2 is 2.15 bits per heavy atom. The van der Waals surface area contributed by atoms with E-state index in [1.165, 1.54) is 12.8 Å². The van der Waals surface area contributed by atoms with Gasteiger partial charge in [-0.05, 0) is 71.3 Å². The monoisotopic (exact) mass is 498 g/mol. The second-order valence-electron chi connectivity index (χ2n) is 4.67. The highest BCUT2D eigenvalue weighted by atomic mass is 127. The largest absolute Gasteiger partial charge is 0.497 e. The quantitative estimate of drug-likeness (QED) is 0.291. The van der Waals surface area contributed by atoms with Gasteiger partial charge >= 0.3 is 0 Å². The standard InChI is InChI=1S/C16H20I2O2/c1-4-5-6-15(17)14(9-11(2)19)13-8-7-12(20-3)10-16(13)18/h7-10,15H,4-6H2,1-3H3. The minimum absolute atomic E-state index is 0.102. The van der Waals surface area contributed by atoms with Crippen LogP contribution >= 0.6 is 45.2 Å². The van der Waals surface area contributed by atoms with Gasteiger partial charge in [-0.15, -0.1) is 0 Å². The van der Waals surface area contributed by atoms with E-state index in [1.54, 1.807) is 20.1 Å². The van der Waals surface area contributed by atoms with Gasteiger partial charge in [-0.25, -0.2) is 0 Å². The Kier molecular flexibility index (Phi) is 8.09. The van der Waals surface area contributed by atoms with Gasteiger partial charge in [0.05, 0.1) is 7.11 Å². The minimum Gasteiger partial charge on any atom is -0.497 e. The topological polar surface area (TPSA) is 26.3 Å². The van der Waals surface area contributed by atoms with Crippen LogP contribution in [-0.4, -0.2) is 16.8 Å². The lowest BCUT2D eigenvalue weighted by Gasteiger charge is -2.16. The van der Waals surface area contributed by atoms with Crippen molar-refractivity contribution in [2.45, 2.75) is 37.0 Å². The number of ether oxygens (including phenoxy) is 1. The number of methoxy groups -OCH3 is 1. The molecule has 2 nitrogen and oxygen atoms in total. The van der Waals surface area contributed by atoms with Crippen LogP contribution in [0, 0.1) is 3.57 Å². The van der Waals surface area contributed by atoms with E-state index in [1.807, 2.05) is 18.2 Å². The molecule has 1 unspecified atom stereocenters. The average Bonchev–Trinajstić information content (AvgIpc) is 2.42. The van der Waals surface area contributed by atoms with Crippen molar-refractivity contribution >= 4 is 56.5 Å². The molecule has 0 bridgehead atoms. The summed E-state index contributed by atoms with van der Waals surface area (Å²) in [6.07, 6.45) is 5.22. The molecule has 0 radical (unpaired) electrons. The second kappa shape index (κ2) is 9.02. The van der Waals surface area contributed by atoms with E-state index in [4.69, 9.17) is 4.74 Å². The molecule has 4 heteroatoms. The summed E-state index contributed by atoms with van der Waals surface area (Å²) in [7, 11) is 1.67. The summed E-state index contributed by atoms with van der Waals surface area (Å²) in [6, 6.07) is 6.01. The Hall–Kier alpha value is -0.110. The molecule has 0 fully saturated rings. The summed E-state index contributed by atoms with van der Waals surface area (Å²) in [4.78, 5) is 11.5. The van der Waals surface area contributed by atoms with Crippen molar-refractivity contribution in [2.24, 2.45) is 0 Å². The lowest BCUT2D eigenvalue weighted by molar-refractivity contribution is -0.112. The predicted molar refractivity (Wildman–Crippen MR) is 102 cm³/mol. The summed E-state index contributed by atoms with van der Waals surface area (Å²) in [5, 5.41) is 0. The summed E-state index contributed by atoms with van der Waals surface area (Å²) in [6.45, 7) is 3.80. The van der Waals surface area contributed by atoms with E-state index in [9.17, 15) is 4.79 Å². The normalized spacial score (nSPS) is 13.2. The second-order valence-corrected chi connectivity index (χ2v) is 7.33. The fraction of sp³-hybridized carbons (Fsp3) is 0.438. The molecule has 1 atom stereocenters. The highest BCUT2D eigenvalue weighted by molar-refractivity contribution is 14.1. The third kappa shape index (κ3) is 5.35. The Morgan fingerprint density at radius 3 is 2.65 bits per heavy atom. The van der Waals surface area contributed by atoms with Gasteiger partial charge in [0.1, 0.15) is 5.75 Å². The van der Waals surface area contributed by atoms with Crippen LogP contribution in [0.5, 0.6) is 5.75 Å². The van der Waals surface area contributed by atoms with E-state index >= 15 is 0 Å². The summed E-state index contributed by atoms with van der Waals surface area (Å²) >= 11 is 4.75. The zero-order chi connectivity index (χ0) is 15.1. The lowest BCUT2D eigenvalue weighted by Crippen LogP contribution is -2.05. The van der Waals surface area contributed by atoms with Gasteiger partial charge in [0.15, 0.2) is 5.78 Å². The van der Waals surface area contributed by atoms with Crippen LogP contribution in [0.4, 0.5) is 0 Å². The molecule has 0 heterocycles. The smallest absolute Gasteiger partial charge is 0.152 e. The molecule has 0 aliphatic heterocycles. The van der Waals surface area contributed by atoms with E-state index < -0.39 is 0 Å². The van der Waals surface area contributed by atoms with Crippen LogP contribution in [0.15, 0.2) is 24.3 Å². The number of benzene rings is 1. The van der Waals surface area contributed by atoms with Gasteiger partial charge in [0.2, 0.25) is 0 Å². The fourth-order valence-electron chi connectivity index (χ4n) is 1.95. The Bertz CT molecular complexity index is 495. The van der Waals surface area contributed by atoms with Gasteiger partial charge in [-0.1, -0.05) is 42.4 Å². The molecule has 0 aliphatic rings. The maximum Gasteiger partial charge on any atom is 0.152 e. The summed E-state index contributed by atoms with van der Waals surface area (Å²) in [5.41, 5.74) is 2.26. The zero-order valence-electron chi connectivity index (χ0n) is 12.1. The maximum atomic E-state index is 11.5. The molecule has 0 aliphatic carbocycles. The first kappa shape index (κ1) is 17.9. The van der Waals surface area contributed by atoms with Crippen LogP contribution in [0.25, 0.3) is 5.57 Å². The van der Waals surface area contributed by atoms with Crippen LogP contribution in [0.3, 0.4) is 0 Å². The first-order valence-corrected chi connectivity index (χ1v) is 9.02. The van der Waals surface area contributed by atoms with Gasteiger partial charge in [-0.2, -0.15) is 0 Å². The number of alkyl halides is 1. The number of unbranched alkanes of at least 4 members (excludes halogenated alkanes) is 1. The van der Waals surface area contributed by atoms with Crippen molar-refractivity contribution in [1.82, 2.24) is 0 Å². The molecule has 1 rings (SSSR count). The Morgan fingerprint density at radius 1 is 1.45 bits per heavy atom. The van der Waals surface area contributed by atoms with Crippen molar-refractivity contribution in [2.75, 3.05) is 7.11 Å². The van der Waals surface area contributed by atoms with E-state index in [0.717, 1.165) is 26.9 Å². The van der Waals surface area contributed by atoms with Crippen LogP contribution in [0.2, 0.25) is 0 Å². The summed E-state index contributed by atoms with van der Waals surface area (Å²) < 4.78 is 6.72. The van der Waals surface area contributed by atoms with Gasteiger partial charge in [0.25, 0.3) is 0 Å². The molecule has 1 aromatic carbocycles. The molecule has 1 aromatic rings. The molecule has 0 saturated heterocycles. The predicted octanol–water partition coefficient (Wildman–Crippen LogP) is 5.27. The first-order chi connectivity index (χ1) is 9.49. The number of carbonyl (C=O) groups is 1. The Balaban J connectivity index is 3.14. The van der Waals surface area contributed by atoms with Crippen LogP contribution < -0.4 is 4.74 Å². The third-order valence-electron chi connectivity index (χ3n) is 2.99. The number of hydrogen-bond donors (Lipinski definition) is 0. The summed E-state index contributed by atoms with van der Waals surface area (Å²) in [5.74, 6) is 0.948. The van der Waals surface area contributed by atoms with Crippen molar-refractivity contribution < 1.29 is 9.53 Å². The van der Waals surface area contributed by atoms with Gasteiger partial charge < -0.3 is 4.74 Å². The van der Waals surface area contributed by atoms with Gasteiger partial charge in [0, 0.05) is 7.49 Å². The maximum absolute atomic E-state index is 11.5. The zero-order valence-corrected chi connectivity index (χ0v) is 16.4. The molecule has 0 aromatic heterocycles. The molecule has 0 amide bonds. The highest BCUT2D eigenvalue weighted by Crippen LogP contribution is 2.33. The first-order valence-electron chi connectivity index (χ1n) is 6.69. The van der Waals surface area contributed by atoms with E-state index in [2.05, 4.69) is 52.1 Å². The number of ketones is 1. The Labute approximate surface area is 148 Å². The van der Waals surface area contributed by atoms with Crippen molar-refractivity contribution in [1.29, 1.82) is 0 Å². The van der Waals surface area contributed by atoms with E-state index in [-0.39, 0.29) is 5.78 Å². The van der Waals surface area contributed by atoms with Crippen molar-refractivity contribution in [3.05, 3.63) is 33.4 Å². The molecular weight excluding hydrogens is 478 g/mol. The number of halogens is 2. The van der Waals surface area contributed by atoms with Crippen molar-refractivity contribution in [3.8, 4) is 5.75 Å². The fourth-order valence-corrected chi connectivity index (χ4v) is 3.71.